The van der Waals surface area contributed by atoms with Crippen molar-refractivity contribution >= 4 is 50.4 Å². The number of amides is 3. The Morgan fingerprint density at radius 1 is 0.927 bits per heavy atom. The topological polar surface area (TPSA) is 146 Å². The lowest BCUT2D eigenvalue weighted by Gasteiger charge is -2.21. The van der Waals surface area contributed by atoms with Crippen molar-refractivity contribution in [3.8, 4) is 34.2 Å². The van der Waals surface area contributed by atoms with E-state index in [2.05, 4.69) is 64.6 Å². The van der Waals surface area contributed by atoms with E-state index >= 15 is 0 Å². The van der Waals surface area contributed by atoms with Gasteiger partial charge < -0.3 is 5.32 Å². The van der Waals surface area contributed by atoms with E-state index in [0.717, 1.165) is 71.8 Å². The van der Waals surface area contributed by atoms with Crippen LogP contribution in [0.1, 0.15) is 65.8 Å². The maximum atomic E-state index is 13.0. The zero-order chi connectivity index (χ0) is 38.5. The van der Waals surface area contributed by atoms with Crippen molar-refractivity contribution in [1.82, 2.24) is 39.5 Å². The van der Waals surface area contributed by atoms with Crippen molar-refractivity contribution in [2.75, 3.05) is 6.54 Å². The van der Waals surface area contributed by atoms with Crippen LogP contribution in [-0.4, -0.2) is 53.1 Å². The molecule has 3 aromatic carbocycles. The quantitative estimate of drug-likeness (QED) is 0.165. The highest BCUT2D eigenvalue weighted by atomic mass is 16.2. The molecule has 0 saturated carbocycles. The third-order valence-corrected chi connectivity index (χ3v) is 10.4. The van der Waals surface area contributed by atoms with Crippen LogP contribution in [0.15, 0.2) is 84.0 Å². The van der Waals surface area contributed by atoms with Gasteiger partial charge in [-0.2, -0.15) is 5.10 Å². The standard InChI is InChI=1S/C43H38N8O4/c1-24(2)32-17-29(20-38-40(32)50(5)43(55)49(38)4)31-10-6-8-27-18-35(46-23-33(27)31)28-11-12-34(45-21-28)41(53)44-15-7-9-26-19-37-30(16-25(26)3)22-47-51(37)36-13-14-39(52)48-42(36)54/h6,8,10-12,16-24,36H,13-15H2,1-5H3,(H,44,53)(H,48,52,54). The Bertz CT molecular complexity index is 2850. The largest absolute Gasteiger partial charge is 0.340 e. The summed E-state index contributed by atoms with van der Waals surface area (Å²) in [4.78, 5) is 59.1. The van der Waals surface area contributed by atoms with Gasteiger partial charge in [0, 0.05) is 54.8 Å². The minimum atomic E-state index is -0.569. The van der Waals surface area contributed by atoms with Crippen LogP contribution in [0, 0.1) is 18.8 Å². The average Bonchev–Trinajstić information content (AvgIpc) is 3.68. The lowest BCUT2D eigenvalue weighted by Crippen LogP contribution is -2.42. The van der Waals surface area contributed by atoms with E-state index in [4.69, 9.17) is 4.98 Å². The third kappa shape index (κ3) is 6.33. The number of aromatic nitrogens is 6. The molecule has 1 aliphatic rings. The van der Waals surface area contributed by atoms with E-state index in [1.807, 2.05) is 63.6 Å². The summed E-state index contributed by atoms with van der Waals surface area (Å²) < 4.78 is 5.06. The minimum absolute atomic E-state index is 0.0520. The Labute approximate surface area is 316 Å². The van der Waals surface area contributed by atoms with Crippen LogP contribution in [0.2, 0.25) is 0 Å². The summed E-state index contributed by atoms with van der Waals surface area (Å²) in [5, 5.41) is 12.5. The number of carbonyl (C=O) groups is 3. The van der Waals surface area contributed by atoms with Gasteiger partial charge in [-0.25, -0.2) is 4.79 Å². The molecule has 1 atom stereocenters. The second-order valence-corrected chi connectivity index (χ2v) is 14.3. The summed E-state index contributed by atoms with van der Waals surface area (Å²) in [6, 6.07) is 19.2. The molecular formula is C43H38N8O4. The monoisotopic (exact) mass is 730 g/mol. The van der Waals surface area contributed by atoms with Crippen molar-refractivity contribution in [3.63, 3.8) is 0 Å². The zero-order valence-electron chi connectivity index (χ0n) is 31.1. The molecule has 12 nitrogen and oxygen atoms in total. The Hall–Kier alpha value is -6.87. The molecule has 0 radical (unpaired) electrons. The lowest BCUT2D eigenvalue weighted by atomic mass is 9.93. The van der Waals surface area contributed by atoms with Gasteiger partial charge in [-0.1, -0.05) is 43.9 Å². The smallest absolute Gasteiger partial charge is 0.328 e. The number of nitrogens with zero attached hydrogens (tertiary/aromatic N) is 6. The van der Waals surface area contributed by atoms with Crippen LogP contribution in [0.4, 0.5) is 0 Å². The number of piperidine rings is 1. The molecule has 2 N–H and O–H groups in total. The fraction of sp³-hybridized carbons (Fsp3) is 0.233. The molecule has 55 heavy (non-hydrogen) atoms. The maximum Gasteiger partial charge on any atom is 0.328 e. The van der Waals surface area contributed by atoms with Crippen LogP contribution in [0.25, 0.3) is 55.1 Å². The van der Waals surface area contributed by atoms with E-state index in [1.165, 1.54) is 0 Å². The Balaban J connectivity index is 0.977. The van der Waals surface area contributed by atoms with Gasteiger partial charge in [-0.3, -0.25) is 43.5 Å². The number of nitrogens with one attached hydrogen (secondary N) is 2. The van der Waals surface area contributed by atoms with Gasteiger partial charge in [-0.15, -0.1) is 0 Å². The number of rotatable bonds is 6. The zero-order valence-corrected chi connectivity index (χ0v) is 31.1. The number of pyridine rings is 2. The number of carbonyl (C=O) groups excluding carboxylic acids is 3. The first-order valence-electron chi connectivity index (χ1n) is 18.1. The number of benzene rings is 3. The van der Waals surface area contributed by atoms with Crippen LogP contribution in [0.5, 0.6) is 0 Å². The van der Waals surface area contributed by atoms with E-state index in [0.29, 0.717) is 6.42 Å². The second-order valence-electron chi connectivity index (χ2n) is 14.3. The highest BCUT2D eigenvalue weighted by Gasteiger charge is 2.29. The van der Waals surface area contributed by atoms with Crippen LogP contribution < -0.4 is 16.3 Å². The second kappa shape index (κ2) is 13.8. The minimum Gasteiger partial charge on any atom is -0.340 e. The molecule has 4 aromatic heterocycles. The van der Waals surface area contributed by atoms with Gasteiger partial charge in [-0.05, 0) is 89.4 Å². The van der Waals surface area contributed by atoms with Crippen molar-refractivity contribution in [3.05, 3.63) is 112 Å². The molecule has 1 aliphatic heterocycles. The van der Waals surface area contributed by atoms with Crippen LogP contribution in [0.3, 0.4) is 0 Å². The first-order valence-corrected chi connectivity index (χ1v) is 18.1. The molecule has 0 bridgehead atoms. The molecule has 5 heterocycles. The number of hydrogen-bond acceptors (Lipinski definition) is 7. The Morgan fingerprint density at radius 2 is 1.76 bits per heavy atom. The fourth-order valence-corrected chi connectivity index (χ4v) is 7.40. The fourth-order valence-electron chi connectivity index (χ4n) is 7.40. The third-order valence-electron chi connectivity index (χ3n) is 10.4. The van der Waals surface area contributed by atoms with Gasteiger partial charge in [0.15, 0.2) is 0 Å². The Morgan fingerprint density at radius 3 is 2.53 bits per heavy atom. The number of fused-ring (bicyclic) bond motifs is 3. The molecule has 1 saturated heterocycles. The number of aryl methyl sites for hydroxylation is 3. The molecule has 7 aromatic rings. The van der Waals surface area contributed by atoms with Crippen molar-refractivity contribution in [1.29, 1.82) is 0 Å². The van der Waals surface area contributed by atoms with Crippen molar-refractivity contribution in [2.24, 2.45) is 14.1 Å². The van der Waals surface area contributed by atoms with Gasteiger partial charge >= 0.3 is 5.69 Å². The van der Waals surface area contributed by atoms with E-state index in [1.54, 1.807) is 32.3 Å². The highest BCUT2D eigenvalue weighted by Crippen LogP contribution is 2.35. The average molecular weight is 731 g/mol. The first kappa shape index (κ1) is 35.2. The van der Waals surface area contributed by atoms with Crippen molar-refractivity contribution in [2.45, 2.75) is 45.6 Å². The molecule has 3 amide bonds. The summed E-state index contributed by atoms with van der Waals surface area (Å²) >= 11 is 0. The summed E-state index contributed by atoms with van der Waals surface area (Å²) in [6.45, 7) is 6.32. The van der Waals surface area contributed by atoms with Gasteiger partial charge in [0.25, 0.3) is 11.8 Å². The molecule has 0 spiro atoms. The Kier molecular flexibility index (Phi) is 8.85. The lowest BCUT2D eigenvalue weighted by molar-refractivity contribution is -0.135. The summed E-state index contributed by atoms with van der Waals surface area (Å²) in [7, 11) is 3.63. The SMILES string of the molecule is Cc1cc2cnn(C3CCC(=O)NC3=O)c2cc1C#CCNC(=O)c1ccc(-c2cc3cccc(-c4cc(C(C)C)c5c(c4)n(C)c(=O)n5C)c3cn2)cn1. The van der Waals surface area contributed by atoms with E-state index in [-0.39, 0.29) is 48.0 Å². The van der Waals surface area contributed by atoms with E-state index in [9.17, 15) is 19.2 Å². The van der Waals surface area contributed by atoms with Gasteiger partial charge in [0.05, 0.1) is 35.0 Å². The van der Waals surface area contributed by atoms with Crippen LogP contribution >= 0.6 is 0 Å². The highest BCUT2D eigenvalue weighted by molar-refractivity contribution is 6.01. The molecule has 12 heteroatoms. The summed E-state index contributed by atoms with van der Waals surface area (Å²) in [5.74, 6) is 5.37. The number of imidazole rings is 1. The number of imide groups is 1. The molecular weight excluding hydrogens is 693 g/mol. The number of hydrogen-bond donors (Lipinski definition) is 2. The predicted octanol–water partition coefficient (Wildman–Crippen LogP) is 5.69. The maximum absolute atomic E-state index is 13.0. The van der Waals surface area contributed by atoms with Gasteiger partial charge in [0.1, 0.15) is 11.7 Å². The van der Waals surface area contributed by atoms with E-state index < -0.39 is 6.04 Å². The summed E-state index contributed by atoms with van der Waals surface area (Å²) in [5.41, 5.74) is 9.14. The van der Waals surface area contributed by atoms with Gasteiger partial charge in [0.2, 0.25) is 5.91 Å². The predicted molar refractivity (Wildman–Crippen MR) is 211 cm³/mol. The normalized spacial score (nSPS) is 14.4. The first-order chi connectivity index (χ1) is 26.5. The molecule has 1 fully saturated rings. The molecule has 8 rings (SSSR count). The van der Waals surface area contributed by atoms with Crippen LogP contribution in [-0.2, 0) is 23.7 Å². The molecule has 274 valence electrons. The van der Waals surface area contributed by atoms with Crippen molar-refractivity contribution < 1.29 is 14.4 Å². The molecule has 0 aliphatic carbocycles. The summed E-state index contributed by atoms with van der Waals surface area (Å²) in [6.07, 6.45) is 5.85. The molecule has 1 unspecified atom stereocenters.